The van der Waals surface area contributed by atoms with Gasteiger partial charge in [0.15, 0.2) is 0 Å². The first-order valence-electron chi connectivity index (χ1n) is 19.8. The van der Waals surface area contributed by atoms with Crippen molar-refractivity contribution >= 4 is 51.9 Å². The Morgan fingerprint density at radius 2 is 1.14 bits per heavy atom. The number of fused-ring (bicyclic) bond motifs is 2. The minimum atomic E-state index is -4.55. The molecule has 2 aliphatic rings. The van der Waals surface area contributed by atoms with Crippen molar-refractivity contribution in [3.05, 3.63) is 93.5 Å². The van der Waals surface area contributed by atoms with Gasteiger partial charge in [-0.3, -0.25) is 19.6 Å². The smallest absolute Gasteiger partial charge is 0.417 e. The van der Waals surface area contributed by atoms with Gasteiger partial charge >= 0.3 is 18.4 Å². The quantitative estimate of drug-likeness (QED) is 0.158. The van der Waals surface area contributed by atoms with Gasteiger partial charge in [0.05, 0.1) is 64.8 Å². The lowest BCUT2D eigenvalue weighted by molar-refractivity contribution is -0.138. The number of anilines is 2. The Balaban J connectivity index is 0.000000220. The van der Waals surface area contributed by atoms with E-state index < -0.39 is 70.7 Å². The zero-order chi connectivity index (χ0) is 47.2. The normalized spacial score (nSPS) is 18.7. The molecule has 0 bridgehead atoms. The molecule has 8 rings (SSSR count). The second kappa shape index (κ2) is 18.7. The molecule has 0 aromatic carbocycles. The summed E-state index contributed by atoms with van der Waals surface area (Å²) in [6, 6.07) is 2.69. The summed E-state index contributed by atoms with van der Waals surface area (Å²) in [6.07, 6.45) is -5.70. The standard InChI is InChI=1S/C23H24F4N6O3.C18H16F4N6O.ClH/c1-22(2,3)36-21(35)33-9-14(24)16(10-33)31-19-17-18(30-11-32(4)20(17)34)13(8-29-19)15-6-5-12(7-28-15)23(25,26)27;1-28-8-26-15-10(12-3-2-9(4-24-12)18(20,21)22)5-25-16(14(15)17(28)29)27-13-7-23-6-11(13)19;/h5-8,11,14,16H,9-10H2,1-4H3,(H,29,31);2-5,8,11,13,23H,6-7H2,1H3,(H,25,27);1H/t14-,16+;11-,13+;/m00./s1. The second-order valence-corrected chi connectivity index (χ2v) is 16.2. The number of ether oxygens (including phenoxy) is 1. The Morgan fingerprint density at radius 1 is 0.667 bits per heavy atom. The topological polar surface area (TPSA) is 187 Å². The summed E-state index contributed by atoms with van der Waals surface area (Å²) in [5, 5.41) is 8.88. The second-order valence-electron chi connectivity index (χ2n) is 16.2. The summed E-state index contributed by atoms with van der Waals surface area (Å²) < 4.78 is 114. The van der Waals surface area contributed by atoms with Crippen LogP contribution in [0.1, 0.15) is 31.9 Å². The molecule has 6 aromatic rings. The van der Waals surface area contributed by atoms with Gasteiger partial charge in [0.2, 0.25) is 0 Å². The molecule has 16 nitrogen and oxygen atoms in total. The van der Waals surface area contributed by atoms with Crippen LogP contribution in [0.2, 0.25) is 0 Å². The van der Waals surface area contributed by atoms with Gasteiger partial charge in [0, 0.05) is 69.6 Å². The van der Waals surface area contributed by atoms with Crippen LogP contribution in [0.15, 0.2) is 71.3 Å². The van der Waals surface area contributed by atoms with Crippen LogP contribution < -0.4 is 27.1 Å². The molecule has 0 spiro atoms. The highest BCUT2D eigenvalue weighted by Gasteiger charge is 2.38. The maximum Gasteiger partial charge on any atom is 0.417 e. The predicted molar refractivity (Wildman–Crippen MR) is 229 cm³/mol. The Hall–Kier alpha value is -6.56. The highest BCUT2D eigenvalue weighted by atomic mass is 35.5. The van der Waals surface area contributed by atoms with E-state index in [0.717, 1.165) is 12.1 Å². The Morgan fingerprint density at radius 3 is 1.53 bits per heavy atom. The van der Waals surface area contributed by atoms with Crippen LogP contribution in [0, 0.1) is 0 Å². The summed E-state index contributed by atoms with van der Waals surface area (Å²) in [5.74, 6) is 0.203. The van der Waals surface area contributed by atoms with Crippen LogP contribution >= 0.6 is 12.4 Å². The molecule has 4 atom stereocenters. The Kier molecular flexibility index (Phi) is 13.9. The molecular weight excluding hydrogens is 912 g/mol. The van der Waals surface area contributed by atoms with Crippen molar-refractivity contribution in [3.63, 3.8) is 0 Å². The minimum Gasteiger partial charge on any atom is -0.444 e. The number of nitrogens with one attached hydrogen (secondary N) is 3. The number of aromatic nitrogens is 8. The molecule has 0 unspecified atom stereocenters. The number of nitrogens with zero attached hydrogens (tertiary/aromatic N) is 9. The number of rotatable bonds is 6. The van der Waals surface area contributed by atoms with E-state index in [1.165, 1.54) is 65.3 Å². The third kappa shape index (κ3) is 10.4. The average Bonchev–Trinajstić information content (AvgIpc) is 3.83. The summed E-state index contributed by atoms with van der Waals surface area (Å²) in [7, 11) is 2.98. The maximum atomic E-state index is 14.8. The number of aryl methyl sites for hydroxylation is 2. The highest BCUT2D eigenvalue weighted by Crippen LogP contribution is 2.34. The predicted octanol–water partition coefficient (Wildman–Crippen LogP) is 6.33. The number of pyridine rings is 4. The zero-order valence-electron chi connectivity index (χ0n) is 35.5. The van der Waals surface area contributed by atoms with E-state index in [-0.39, 0.29) is 82.4 Å². The van der Waals surface area contributed by atoms with Gasteiger partial charge in [0.1, 0.15) is 40.4 Å². The van der Waals surface area contributed by atoms with E-state index >= 15 is 0 Å². The number of hydrogen-bond donors (Lipinski definition) is 3. The fourth-order valence-corrected chi connectivity index (χ4v) is 6.97. The van der Waals surface area contributed by atoms with E-state index in [1.807, 2.05) is 0 Å². The van der Waals surface area contributed by atoms with E-state index in [1.54, 1.807) is 20.8 Å². The van der Waals surface area contributed by atoms with E-state index in [2.05, 4.69) is 45.9 Å². The Bertz CT molecular complexity index is 2860. The lowest BCUT2D eigenvalue weighted by Gasteiger charge is -2.24. The third-order valence-corrected chi connectivity index (χ3v) is 10.3. The minimum absolute atomic E-state index is 0. The summed E-state index contributed by atoms with van der Waals surface area (Å²) >= 11 is 0. The largest absolute Gasteiger partial charge is 0.444 e. The first kappa shape index (κ1) is 48.9. The molecule has 25 heteroatoms. The van der Waals surface area contributed by atoms with Gasteiger partial charge in [0.25, 0.3) is 11.1 Å². The molecule has 1 amide bonds. The number of amides is 1. The number of hydrogen-bond acceptors (Lipinski definition) is 13. The van der Waals surface area contributed by atoms with Gasteiger partial charge in [-0.1, -0.05) is 0 Å². The first-order chi connectivity index (χ1) is 30.5. The molecule has 2 saturated heterocycles. The fourth-order valence-electron chi connectivity index (χ4n) is 6.97. The SMILES string of the molecule is Cl.Cn1cnc2c(-c3ccc(C(F)(F)F)cn3)cnc(N[C@@H]3CN(C(=O)OC(C)(C)C)C[C@@H]3F)c2c1=O.Cn1cnc2c(-c3ccc(C(F)(F)F)cn3)cnc(N[C@@H]3CNC[C@@H]3F)c2c1=O. The van der Waals surface area contributed by atoms with E-state index in [4.69, 9.17) is 4.74 Å². The number of carbonyl (C=O) groups excluding carboxylic acids is 1. The third-order valence-electron chi connectivity index (χ3n) is 10.3. The highest BCUT2D eigenvalue weighted by molar-refractivity contribution is 5.99. The van der Waals surface area contributed by atoms with Crippen molar-refractivity contribution in [2.45, 2.75) is 63.2 Å². The van der Waals surface area contributed by atoms with Crippen molar-refractivity contribution in [1.29, 1.82) is 0 Å². The van der Waals surface area contributed by atoms with Gasteiger partial charge in [-0.05, 0) is 45.0 Å². The number of carbonyl (C=O) groups is 1. The van der Waals surface area contributed by atoms with Crippen LogP contribution in [0.5, 0.6) is 0 Å². The van der Waals surface area contributed by atoms with Crippen LogP contribution in [0.3, 0.4) is 0 Å². The van der Waals surface area contributed by atoms with Gasteiger partial charge in [-0.25, -0.2) is 33.5 Å². The van der Waals surface area contributed by atoms with Crippen molar-refractivity contribution < 1.29 is 44.7 Å². The van der Waals surface area contributed by atoms with Gasteiger partial charge in [-0.2, -0.15) is 26.3 Å². The van der Waals surface area contributed by atoms with Crippen LogP contribution in [0.4, 0.5) is 51.6 Å². The van der Waals surface area contributed by atoms with Crippen molar-refractivity contribution in [2.24, 2.45) is 14.1 Å². The summed E-state index contributed by atoms with van der Waals surface area (Å²) in [6.45, 7) is 5.45. The molecule has 2 aliphatic heterocycles. The molecule has 0 radical (unpaired) electrons. The molecule has 0 saturated carbocycles. The molecule has 352 valence electrons. The molecule has 6 aromatic heterocycles. The molecule has 66 heavy (non-hydrogen) atoms. The molecule has 3 N–H and O–H groups in total. The lowest BCUT2D eigenvalue weighted by Crippen LogP contribution is -2.36. The summed E-state index contributed by atoms with van der Waals surface area (Å²) in [4.78, 5) is 64.1. The molecule has 8 heterocycles. The van der Waals surface area contributed by atoms with Crippen molar-refractivity contribution in [3.8, 4) is 22.5 Å². The van der Waals surface area contributed by atoms with E-state index in [9.17, 15) is 49.5 Å². The van der Waals surface area contributed by atoms with Crippen LogP contribution in [0.25, 0.3) is 44.3 Å². The van der Waals surface area contributed by atoms with Crippen molar-refractivity contribution in [1.82, 2.24) is 49.3 Å². The molecule has 0 aliphatic carbocycles. The average molecular weight is 953 g/mol. The number of likely N-dealkylation sites (tertiary alicyclic amines) is 1. The van der Waals surface area contributed by atoms with Gasteiger partial charge in [-0.15, -0.1) is 12.4 Å². The maximum absolute atomic E-state index is 14.8. The zero-order valence-corrected chi connectivity index (χ0v) is 36.3. The van der Waals surface area contributed by atoms with Crippen LogP contribution in [-0.2, 0) is 31.2 Å². The van der Waals surface area contributed by atoms with Gasteiger partial charge < -0.3 is 34.7 Å². The lowest BCUT2D eigenvalue weighted by atomic mass is 10.1. The Labute approximate surface area is 375 Å². The fraction of sp³-hybridized carbons (Fsp3) is 0.390. The number of halogens is 9. The molecular formula is C41H41ClF8N12O4. The number of alkyl halides is 8. The van der Waals surface area contributed by atoms with Crippen molar-refractivity contribution in [2.75, 3.05) is 36.8 Å². The van der Waals surface area contributed by atoms with E-state index in [0.29, 0.717) is 24.5 Å². The summed E-state index contributed by atoms with van der Waals surface area (Å²) in [5.41, 5.74) is -2.24. The molecule has 2 fully saturated rings. The first-order valence-corrected chi connectivity index (χ1v) is 19.8. The monoisotopic (exact) mass is 952 g/mol. The van der Waals surface area contributed by atoms with Crippen LogP contribution in [-0.4, -0.2) is 106 Å².